The quantitative estimate of drug-likeness (QED) is 0.180. The van der Waals surface area contributed by atoms with Crippen molar-refractivity contribution in [2.75, 3.05) is 31.6 Å². The fourth-order valence-corrected chi connectivity index (χ4v) is 5.41. The monoisotopic (exact) mass is 593 g/mol. The summed E-state index contributed by atoms with van der Waals surface area (Å²) in [5.74, 6) is -0.764. The van der Waals surface area contributed by atoms with Gasteiger partial charge in [-0.2, -0.15) is 0 Å². The van der Waals surface area contributed by atoms with Gasteiger partial charge in [-0.25, -0.2) is 19.3 Å². The van der Waals surface area contributed by atoms with Crippen molar-refractivity contribution in [2.45, 2.75) is 39.7 Å². The van der Waals surface area contributed by atoms with Crippen LogP contribution < -0.4 is 4.90 Å². The van der Waals surface area contributed by atoms with Gasteiger partial charge in [-0.15, -0.1) is 0 Å². The molecule has 10 nitrogen and oxygen atoms in total. The molecule has 0 saturated carbocycles. The molecule has 1 aliphatic heterocycles. The smallest absolute Gasteiger partial charge is 0.246 e. The molecule has 2 aromatic heterocycles. The largest absolute Gasteiger partial charge is 0.507 e. The molecule has 2 amide bonds. The van der Waals surface area contributed by atoms with Crippen LogP contribution >= 0.6 is 11.6 Å². The number of hydrogen-bond donors (Lipinski definition) is 1. The predicted octanol–water partition coefficient (Wildman–Crippen LogP) is 4.86. The van der Waals surface area contributed by atoms with Crippen LogP contribution in [-0.4, -0.2) is 80.7 Å². The molecule has 0 aliphatic carbocycles. The van der Waals surface area contributed by atoms with Gasteiger partial charge in [0, 0.05) is 32.7 Å². The number of halogens is 2. The van der Waals surface area contributed by atoms with Gasteiger partial charge >= 0.3 is 0 Å². The zero-order chi connectivity index (χ0) is 30.7. The van der Waals surface area contributed by atoms with Crippen molar-refractivity contribution >= 4 is 41.3 Å². The Morgan fingerprint density at radius 2 is 2.05 bits per heavy atom. The number of pyridine rings is 1. The van der Waals surface area contributed by atoms with Crippen LogP contribution in [0.4, 0.5) is 15.9 Å². The van der Waals surface area contributed by atoms with Crippen LogP contribution in [0.25, 0.3) is 11.3 Å². The number of phenols is 1. The van der Waals surface area contributed by atoms with Crippen LogP contribution in [0.5, 0.6) is 5.75 Å². The van der Waals surface area contributed by atoms with Gasteiger partial charge < -0.3 is 14.9 Å². The van der Waals surface area contributed by atoms with Crippen LogP contribution in [-0.2, 0) is 9.59 Å². The number of aliphatic imine (C=N–C) groups is 1. The number of carbonyl (C=O) groups excluding carboxylic acids is 2. The molecule has 1 N–H and O–H groups in total. The highest BCUT2D eigenvalue weighted by Crippen LogP contribution is 2.41. The van der Waals surface area contributed by atoms with Gasteiger partial charge in [0.2, 0.25) is 12.3 Å². The number of piperazine rings is 1. The van der Waals surface area contributed by atoms with Crippen molar-refractivity contribution in [2.24, 2.45) is 4.99 Å². The van der Waals surface area contributed by atoms with Crippen LogP contribution in [0.15, 0.2) is 48.2 Å². The molecule has 220 valence electrons. The molecule has 3 aromatic rings. The zero-order valence-electron chi connectivity index (χ0n) is 24.2. The van der Waals surface area contributed by atoms with E-state index >= 15 is 4.39 Å². The first-order valence-electron chi connectivity index (χ1n) is 13.4. The summed E-state index contributed by atoms with van der Waals surface area (Å²) < 4.78 is 15.1. The topological polar surface area (TPSA) is 115 Å². The van der Waals surface area contributed by atoms with E-state index in [0.29, 0.717) is 54.5 Å². The van der Waals surface area contributed by atoms with E-state index in [2.05, 4.69) is 21.5 Å². The Balaban J connectivity index is 1.98. The summed E-state index contributed by atoms with van der Waals surface area (Å²) in [6.45, 7) is 12.5. The number of aryl methyl sites for hydroxylation is 1. The lowest BCUT2D eigenvalue weighted by molar-refractivity contribution is -0.128. The Morgan fingerprint density at radius 1 is 1.31 bits per heavy atom. The highest BCUT2D eigenvalue weighted by molar-refractivity contribution is 6.33. The highest BCUT2D eigenvalue weighted by Gasteiger charge is 2.33. The molecule has 3 heterocycles. The number of hydrogen-bond acceptors (Lipinski definition) is 7. The van der Waals surface area contributed by atoms with Gasteiger partial charge in [0.25, 0.3) is 0 Å². The molecule has 1 fully saturated rings. The lowest BCUT2D eigenvalue weighted by atomic mass is 10.0. The van der Waals surface area contributed by atoms with Gasteiger partial charge in [-0.05, 0) is 44.0 Å². The lowest BCUT2D eigenvalue weighted by Gasteiger charge is -2.41. The maximum absolute atomic E-state index is 15.1. The van der Waals surface area contributed by atoms with E-state index in [1.165, 1.54) is 35.5 Å². The Labute approximate surface area is 249 Å². The first kappa shape index (κ1) is 30.6. The highest BCUT2D eigenvalue weighted by atomic mass is 35.5. The van der Waals surface area contributed by atoms with Crippen molar-refractivity contribution in [1.29, 1.82) is 0 Å². The molecule has 1 atom stereocenters. The number of amidine groups is 1. The van der Waals surface area contributed by atoms with Crippen LogP contribution in [0.1, 0.15) is 43.6 Å². The number of aromatic nitrogens is 3. The minimum atomic E-state index is -0.733. The molecule has 4 rings (SSSR count). The van der Waals surface area contributed by atoms with Crippen molar-refractivity contribution in [1.82, 2.24) is 24.8 Å². The molecule has 1 unspecified atom stereocenters. The number of phenolic OH excluding ortho intramolecular Hbond substituents is 1. The fraction of sp³-hybridized carbons (Fsp3) is 0.333. The second-order valence-corrected chi connectivity index (χ2v) is 10.6. The van der Waals surface area contributed by atoms with Gasteiger partial charge in [-0.1, -0.05) is 38.1 Å². The van der Waals surface area contributed by atoms with Gasteiger partial charge in [0.1, 0.15) is 23.7 Å². The minimum Gasteiger partial charge on any atom is -0.507 e. The molecule has 0 bridgehead atoms. The SMILES string of the molecule is C=CC(=O)N1CCN(C(=NC)c2cc(Cl)c(-c3c(O)cccc3F)nc2N(C=O)c2c(C)ncnc2C(C)C)C(C)C1. The maximum Gasteiger partial charge on any atom is 0.246 e. The zero-order valence-corrected chi connectivity index (χ0v) is 24.9. The molecular formula is C30H33ClFN7O3. The Kier molecular flexibility index (Phi) is 9.20. The van der Waals surface area contributed by atoms with E-state index in [9.17, 15) is 14.7 Å². The number of aromatic hydroxyl groups is 1. The number of amides is 2. The summed E-state index contributed by atoms with van der Waals surface area (Å²) in [5, 5.41) is 10.6. The average molecular weight is 594 g/mol. The molecule has 0 spiro atoms. The van der Waals surface area contributed by atoms with E-state index in [-0.39, 0.29) is 45.7 Å². The molecule has 1 aromatic carbocycles. The Morgan fingerprint density at radius 3 is 2.64 bits per heavy atom. The van der Waals surface area contributed by atoms with Gasteiger partial charge in [0.05, 0.1) is 38.9 Å². The predicted molar refractivity (Wildman–Crippen MR) is 161 cm³/mol. The molecular weight excluding hydrogens is 561 g/mol. The molecule has 1 saturated heterocycles. The first-order chi connectivity index (χ1) is 20.0. The van der Waals surface area contributed by atoms with Crippen molar-refractivity contribution in [3.05, 3.63) is 71.0 Å². The summed E-state index contributed by atoms with van der Waals surface area (Å²) in [6, 6.07) is 5.29. The maximum atomic E-state index is 15.1. The summed E-state index contributed by atoms with van der Waals surface area (Å²) in [7, 11) is 1.61. The van der Waals surface area contributed by atoms with Gasteiger partial charge in [-0.3, -0.25) is 19.5 Å². The summed E-state index contributed by atoms with van der Waals surface area (Å²) in [5.41, 5.74) is 1.69. The van der Waals surface area contributed by atoms with E-state index < -0.39 is 5.82 Å². The number of anilines is 2. The van der Waals surface area contributed by atoms with Crippen molar-refractivity contribution < 1.29 is 19.1 Å². The van der Waals surface area contributed by atoms with Crippen LogP contribution in [0.3, 0.4) is 0 Å². The van der Waals surface area contributed by atoms with Crippen molar-refractivity contribution in [3.8, 4) is 17.0 Å². The second-order valence-electron chi connectivity index (χ2n) is 10.2. The Hall–Kier alpha value is -4.38. The van der Waals surface area contributed by atoms with Crippen molar-refractivity contribution in [3.63, 3.8) is 0 Å². The summed E-state index contributed by atoms with van der Waals surface area (Å²) in [6.07, 6.45) is 3.31. The number of carbonyl (C=O) groups is 2. The molecule has 12 heteroatoms. The third-order valence-electron chi connectivity index (χ3n) is 7.18. The minimum absolute atomic E-state index is 0.0411. The normalized spacial score (nSPS) is 15.6. The second kappa shape index (κ2) is 12.6. The molecule has 0 radical (unpaired) electrons. The average Bonchev–Trinajstić information content (AvgIpc) is 2.96. The number of rotatable bonds is 7. The standard InChI is InChI=1S/C30H33ClFN7O3/c1-7-24(42)37-11-12-38(18(4)14-37)29(33-6)20-13-21(31)27(25-22(32)9-8-10-23(25)41)36-30(20)39(16-40)28-19(5)34-15-35-26(28)17(2)3/h7-10,13,15-18,41H,1,11-12,14H2,2-6H3. The van der Waals surface area contributed by atoms with Gasteiger partial charge in [0.15, 0.2) is 5.82 Å². The molecule has 42 heavy (non-hydrogen) atoms. The third kappa shape index (κ3) is 5.69. The third-order valence-corrected chi connectivity index (χ3v) is 7.47. The van der Waals surface area contributed by atoms with E-state index in [1.807, 2.05) is 25.7 Å². The van der Waals surface area contributed by atoms with E-state index in [0.717, 1.165) is 0 Å². The summed E-state index contributed by atoms with van der Waals surface area (Å²) >= 11 is 6.74. The number of benzene rings is 1. The summed E-state index contributed by atoms with van der Waals surface area (Å²) in [4.78, 5) is 48.3. The molecule has 1 aliphatic rings. The number of nitrogens with zero attached hydrogens (tertiary/aromatic N) is 7. The van der Waals surface area contributed by atoms with Crippen LogP contribution in [0.2, 0.25) is 5.02 Å². The first-order valence-corrected chi connectivity index (χ1v) is 13.8. The van der Waals surface area contributed by atoms with E-state index in [1.54, 1.807) is 24.9 Å². The van der Waals surface area contributed by atoms with Crippen LogP contribution in [0, 0.1) is 12.7 Å². The fourth-order valence-electron chi connectivity index (χ4n) is 5.17. The Bertz CT molecular complexity index is 1540. The lowest BCUT2D eigenvalue weighted by Crippen LogP contribution is -2.55. The van der Waals surface area contributed by atoms with E-state index in [4.69, 9.17) is 16.6 Å².